The molecular formula is C15H19NO3S. The number of hydrogen-bond donors (Lipinski definition) is 2. The van der Waals surface area contributed by atoms with Crippen LogP contribution in [0.1, 0.15) is 24.8 Å². The predicted molar refractivity (Wildman–Crippen MR) is 78.8 cm³/mol. The van der Waals surface area contributed by atoms with Gasteiger partial charge in [0.05, 0.1) is 12.2 Å². The van der Waals surface area contributed by atoms with Crippen molar-refractivity contribution in [3.63, 3.8) is 0 Å². The number of rotatable bonds is 7. The summed E-state index contributed by atoms with van der Waals surface area (Å²) in [6, 6.07) is 7.71. The van der Waals surface area contributed by atoms with Gasteiger partial charge < -0.3 is 10.4 Å². The number of hydrogen-bond acceptors (Lipinski definition) is 3. The summed E-state index contributed by atoms with van der Waals surface area (Å²) in [4.78, 5) is 23.8. The van der Waals surface area contributed by atoms with Crippen LogP contribution in [-0.4, -0.2) is 28.8 Å². The summed E-state index contributed by atoms with van der Waals surface area (Å²) in [7, 11) is 0. The van der Waals surface area contributed by atoms with Crippen molar-refractivity contribution in [1.82, 2.24) is 5.32 Å². The molecule has 20 heavy (non-hydrogen) atoms. The summed E-state index contributed by atoms with van der Waals surface area (Å²) < 4.78 is 0. The Bertz CT molecular complexity index is 500. The first-order valence-electron chi connectivity index (χ1n) is 6.76. The molecule has 1 aliphatic rings. The molecule has 1 amide bonds. The average molecular weight is 293 g/mol. The minimum absolute atomic E-state index is 0.0193. The SMILES string of the molecule is Cc1ccccc1SCC(=O)NC(CC(=O)O)C1CC1. The Hall–Kier alpha value is -1.49. The molecule has 2 N–H and O–H groups in total. The van der Waals surface area contributed by atoms with Crippen molar-refractivity contribution in [1.29, 1.82) is 0 Å². The van der Waals surface area contributed by atoms with Crippen LogP contribution in [0.15, 0.2) is 29.2 Å². The summed E-state index contributed by atoms with van der Waals surface area (Å²) in [5.41, 5.74) is 1.15. The molecule has 108 valence electrons. The maximum Gasteiger partial charge on any atom is 0.305 e. The van der Waals surface area contributed by atoms with Crippen molar-refractivity contribution in [2.24, 2.45) is 5.92 Å². The van der Waals surface area contributed by atoms with E-state index in [0.29, 0.717) is 11.7 Å². The molecule has 1 aromatic carbocycles. The Morgan fingerprint density at radius 2 is 2.10 bits per heavy atom. The van der Waals surface area contributed by atoms with Gasteiger partial charge in [-0.1, -0.05) is 18.2 Å². The van der Waals surface area contributed by atoms with Gasteiger partial charge in [0.1, 0.15) is 0 Å². The highest BCUT2D eigenvalue weighted by Crippen LogP contribution is 2.34. The number of thioether (sulfide) groups is 1. The van der Waals surface area contributed by atoms with Gasteiger partial charge in [-0.05, 0) is 37.3 Å². The lowest BCUT2D eigenvalue weighted by molar-refractivity contribution is -0.137. The highest BCUT2D eigenvalue weighted by Gasteiger charge is 2.33. The van der Waals surface area contributed by atoms with E-state index >= 15 is 0 Å². The number of nitrogens with one attached hydrogen (secondary N) is 1. The number of aryl methyl sites for hydroxylation is 1. The van der Waals surface area contributed by atoms with Crippen LogP contribution in [0.4, 0.5) is 0 Å². The van der Waals surface area contributed by atoms with Crippen LogP contribution in [0, 0.1) is 12.8 Å². The van der Waals surface area contributed by atoms with Crippen LogP contribution in [0.25, 0.3) is 0 Å². The van der Waals surface area contributed by atoms with Gasteiger partial charge in [-0.2, -0.15) is 0 Å². The lowest BCUT2D eigenvalue weighted by atomic mass is 10.1. The first-order chi connectivity index (χ1) is 9.56. The largest absolute Gasteiger partial charge is 0.481 e. The zero-order valence-electron chi connectivity index (χ0n) is 11.5. The van der Waals surface area contributed by atoms with Gasteiger partial charge in [-0.3, -0.25) is 9.59 Å². The Labute approximate surface area is 123 Å². The first kappa shape index (κ1) is 14.9. The van der Waals surface area contributed by atoms with E-state index in [2.05, 4.69) is 5.32 Å². The van der Waals surface area contributed by atoms with E-state index in [-0.39, 0.29) is 18.4 Å². The molecule has 0 radical (unpaired) electrons. The van der Waals surface area contributed by atoms with Crippen LogP contribution in [0.2, 0.25) is 0 Å². The molecule has 0 aromatic heterocycles. The molecular weight excluding hydrogens is 274 g/mol. The minimum atomic E-state index is -0.853. The Balaban J connectivity index is 1.82. The van der Waals surface area contributed by atoms with Gasteiger partial charge in [0.2, 0.25) is 5.91 Å². The van der Waals surface area contributed by atoms with Crippen LogP contribution < -0.4 is 5.32 Å². The quantitative estimate of drug-likeness (QED) is 0.758. The van der Waals surface area contributed by atoms with E-state index in [4.69, 9.17) is 5.11 Å². The third kappa shape index (κ3) is 4.56. The maximum atomic E-state index is 11.9. The summed E-state index contributed by atoms with van der Waals surface area (Å²) in [6.07, 6.45) is 2.05. The van der Waals surface area contributed by atoms with E-state index in [1.807, 2.05) is 31.2 Å². The molecule has 1 atom stereocenters. The minimum Gasteiger partial charge on any atom is -0.481 e. The van der Waals surface area contributed by atoms with E-state index in [1.165, 1.54) is 11.8 Å². The van der Waals surface area contributed by atoms with Gasteiger partial charge in [0, 0.05) is 10.9 Å². The van der Waals surface area contributed by atoms with Crippen LogP contribution in [0.3, 0.4) is 0 Å². The second kappa shape index (κ2) is 6.79. The summed E-state index contributed by atoms with van der Waals surface area (Å²) in [5.74, 6) is -0.267. The molecule has 2 rings (SSSR count). The number of carbonyl (C=O) groups is 2. The average Bonchev–Trinajstić information content (AvgIpc) is 3.21. The van der Waals surface area contributed by atoms with Gasteiger partial charge >= 0.3 is 5.97 Å². The molecule has 0 heterocycles. The monoisotopic (exact) mass is 293 g/mol. The van der Waals surface area contributed by atoms with E-state index in [9.17, 15) is 9.59 Å². The van der Waals surface area contributed by atoms with Crippen LogP contribution >= 0.6 is 11.8 Å². The lowest BCUT2D eigenvalue weighted by Gasteiger charge is -2.16. The highest BCUT2D eigenvalue weighted by atomic mass is 32.2. The number of carboxylic acids is 1. The Morgan fingerprint density at radius 3 is 2.70 bits per heavy atom. The zero-order chi connectivity index (χ0) is 14.5. The normalized spacial score (nSPS) is 15.7. The molecule has 0 aliphatic heterocycles. The molecule has 1 unspecified atom stereocenters. The van der Waals surface area contributed by atoms with Crippen molar-refractivity contribution in [3.8, 4) is 0 Å². The third-order valence-corrected chi connectivity index (χ3v) is 4.56. The van der Waals surface area contributed by atoms with Crippen molar-refractivity contribution < 1.29 is 14.7 Å². The number of aliphatic carboxylic acids is 1. The summed E-state index contributed by atoms with van der Waals surface area (Å²) >= 11 is 1.49. The Kier molecular flexibility index (Phi) is 5.06. The summed E-state index contributed by atoms with van der Waals surface area (Å²) in [6.45, 7) is 2.01. The predicted octanol–water partition coefficient (Wildman–Crippen LogP) is 2.46. The fourth-order valence-electron chi connectivity index (χ4n) is 2.13. The fraction of sp³-hybridized carbons (Fsp3) is 0.467. The molecule has 1 saturated carbocycles. The van der Waals surface area contributed by atoms with Crippen molar-refractivity contribution >= 4 is 23.6 Å². The second-order valence-corrected chi connectivity index (χ2v) is 6.18. The van der Waals surface area contributed by atoms with Gasteiger partial charge in [-0.25, -0.2) is 0 Å². The number of amides is 1. The third-order valence-electron chi connectivity index (χ3n) is 3.38. The van der Waals surface area contributed by atoms with Crippen LogP contribution in [0.5, 0.6) is 0 Å². The standard InChI is InChI=1S/C15H19NO3S/c1-10-4-2-3-5-13(10)20-9-14(17)16-12(8-15(18)19)11-6-7-11/h2-5,11-12H,6-9H2,1H3,(H,16,17)(H,18,19). The molecule has 0 saturated heterocycles. The van der Waals surface area contributed by atoms with Crippen molar-refractivity contribution in [2.45, 2.75) is 37.1 Å². The molecule has 1 aliphatic carbocycles. The van der Waals surface area contributed by atoms with E-state index in [0.717, 1.165) is 23.3 Å². The number of carboxylic acid groups (broad SMARTS) is 1. The molecule has 0 spiro atoms. The van der Waals surface area contributed by atoms with E-state index in [1.54, 1.807) is 0 Å². The van der Waals surface area contributed by atoms with Crippen molar-refractivity contribution in [2.75, 3.05) is 5.75 Å². The topological polar surface area (TPSA) is 66.4 Å². The Morgan fingerprint density at radius 1 is 1.40 bits per heavy atom. The number of benzene rings is 1. The second-order valence-electron chi connectivity index (χ2n) is 5.16. The van der Waals surface area contributed by atoms with Gasteiger partial charge in [-0.15, -0.1) is 11.8 Å². The maximum absolute atomic E-state index is 11.9. The zero-order valence-corrected chi connectivity index (χ0v) is 12.3. The summed E-state index contributed by atoms with van der Waals surface area (Å²) in [5, 5.41) is 11.7. The smallest absolute Gasteiger partial charge is 0.305 e. The molecule has 1 fully saturated rings. The molecule has 4 nitrogen and oxygen atoms in total. The van der Waals surface area contributed by atoms with E-state index < -0.39 is 5.97 Å². The van der Waals surface area contributed by atoms with Gasteiger partial charge in [0.25, 0.3) is 0 Å². The molecule has 1 aromatic rings. The van der Waals surface area contributed by atoms with Crippen LogP contribution in [-0.2, 0) is 9.59 Å². The highest BCUT2D eigenvalue weighted by molar-refractivity contribution is 8.00. The number of carbonyl (C=O) groups excluding carboxylic acids is 1. The first-order valence-corrected chi connectivity index (χ1v) is 7.74. The lowest BCUT2D eigenvalue weighted by Crippen LogP contribution is -2.39. The fourth-order valence-corrected chi connectivity index (χ4v) is 2.97. The molecule has 0 bridgehead atoms. The van der Waals surface area contributed by atoms with Gasteiger partial charge in [0.15, 0.2) is 0 Å². The van der Waals surface area contributed by atoms with Crippen molar-refractivity contribution in [3.05, 3.63) is 29.8 Å². The molecule has 5 heteroatoms.